The minimum Gasteiger partial charge on any atom is -0.399 e. The van der Waals surface area contributed by atoms with Crippen molar-refractivity contribution in [2.75, 3.05) is 5.73 Å². The quantitative estimate of drug-likeness (QED) is 0.840. The first-order valence-electron chi connectivity index (χ1n) is 6.08. The molecule has 0 heterocycles. The van der Waals surface area contributed by atoms with Gasteiger partial charge in [-0.05, 0) is 58.7 Å². The van der Waals surface area contributed by atoms with Crippen LogP contribution in [-0.2, 0) is 0 Å². The number of carbonyl (C=O) groups is 1. The molecule has 2 aromatic rings. The number of carbonyl (C=O) groups excluding carboxylic acids is 1. The number of hydrogen-bond donors (Lipinski definition) is 2. The summed E-state index contributed by atoms with van der Waals surface area (Å²) < 4.78 is 13.5. The van der Waals surface area contributed by atoms with Crippen LogP contribution in [0.5, 0.6) is 0 Å². The van der Waals surface area contributed by atoms with Gasteiger partial charge >= 0.3 is 0 Å². The van der Waals surface area contributed by atoms with E-state index in [2.05, 4.69) is 21.2 Å². The molecule has 104 valence electrons. The molecule has 0 radical (unpaired) electrons. The molecule has 0 aliphatic rings. The van der Waals surface area contributed by atoms with E-state index in [1.54, 1.807) is 30.3 Å². The van der Waals surface area contributed by atoms with Crippen LogP contribution in [0.15, 0.2) is 46.9 Å². The Bertz CT molecular complexity index is 628. The Labute approximate surface area is 125 Å². The summed E-state index contributed by atoms with van der Waals surface area (Å²) in [5.74, 6) is -0.535. The fourth-order valence-electron chi connectivity index (χ4n) is 1.83. The fraction of sp³-hybridized carbons (Fsp3) is 0.133. The van der Waals surface area contributed by atoms with Crippen molar-refractivity contribution in [1.29, 1.82) is 0 Å². The molecule has 0 bridgehead atoms. The second kappa shape index (κ2) is 6.05. The van der Waals surface area contributed by atoms with Gasteiger partial charge in [0.15, 0.2) is 0 Å². The lowest BCUT2D eigenvalue weighted by Crippen LogP contribution is -2.27. The molecule has 3 nitrogen and oxygen atoms in total. The Balaban J connectivity index is 2.15. The van der Waals surface area contributed by atoms with Crippen LogP contribution in [0.4, 0.5) is 10.1 Å². The van der Waals surface area contributed by atoms with Gasteiger partial charge in [-0.25, -0.2) is 4.39 Å². The molecule has 0 saturated heterocycles. The molecular weight excluding hydrogens is 323 g/mol. The van der Waals surface area contributed by atoms with Crippen LogP contribution < -0.4 is 11.1 Å². The van der Waals surface area contributed by atoms with E-state index >= 15 is 0 Å². The van der Waals surface area contributed by atoms with Gasteiger partial charge in [0.25, 0.3) is 5.91 Å². The maximum atomic E-state index is 12.9. The number of hydrogen-bond acceptors (Lipinski definition) is 2. The van der Waals surface area contributed by atoms with Crippen LogP contribution in [0.2, 0.25) is 0 Å². The third-order valence-corrected chi connectivity index (χ3v) is 3.64. The van der Waals surface area contributed by atoms with E-state index in [0.717, 1.165) is 5.56 Å². The third kappa shape index (κ3) is 3.36. The number of nitrogens with one attached hydrogen (secondary N) is 1. The van der Waals surface area contributed by atoms with E-state index in [1.807, 2.05) is 6.92 Å². The van der Waals surface area contributed by atoms with Crippen LogP contribution in [-0.4, -0.2) is 5.91 Å². The van der Waals surface area contributed by atoms with Crippen molar-refractivity contribution in [3.8, 4) is 0 Å². The standard InChI is InChI=1S/C15H14BrFN2O/c1-9(10-2-4-11(17)5-3-10)19-15(20)13-8-12(18)6-7-14(13)16/h2-9H,18H2,1H3,(H,19,20). The topological polar surface area (TPSA) is 55.1 Å². The van der Waals surface area contributed by atoms with Crippen molar-refractivity contribution in [2.45, 2.75) is 13.0 Å². The van der Waals surface area contributed by atoms with E-state index in [4.69, 9.17) is 5.73 Å². The molecular formula is C15H14BrFN2O. The molecule has 2 rings (SSSR count). The van der Waals surface area contributed by atoms with Gasteiger partial charge in [0, 0.05) is 10.2 Å². The highest BCUT2D eigenvalue weighted by atomic mass is 79.9. The van der Waals surface area contributed by atoms with Gasteiger partial charge in [0.1, 0.15) is 5.82 Å². The third-order valence-electron chi connectivity index (χ3n) is 2.95. The van der Waals surface area contributed by atoms with Crippen molar-refractivity contribution in [3.63, 3.8) is 0 Å². The summed E-state index contributed by atoms with van der Waals surface area (Å²) in [5.41, 5.74) is 7.51. The summed E-state index contributed by atoms with van der Waals surface area (Å²) >= 11 is 3.32. The van der Waals surface area contributed by atoms with Gasteiger partial charge in [0.2, 0.25) is 0 Å². The smallest absolute Gasteiger partial charge is 0.252 e. The Morgan fingerprint density at radius 3 is 2.55 bits per heavy atom. The maximum Gasteiger partial charge on any atom is 0.252 e. The molecule has 20 heavy (non-hydrogen) atoms. The number of halogens is 2. The largest absolute Gasteiger partial charge is 0.399 e. The normalized spacial score (nSPS) is 11.9. The van der Waals surface area contributed by atoms with E-state index in [9.17, 15) is 9.18 Å². The zero-order valence-corrected chi connectivity index (χ0v) is 12.4. The van der Waals surface area contributed by atoms with Crippen molar-refractivity contribution < 1.29 is 9.18 Å². The predicted molar refractivity (Wildman–Crippen MR) is 80.8 cm³/mol. The Morgan fingerprint density at radius 1 is 1.25 bits per heavy atom. The monoisotopic (exact) mass is 336 g/mol. The van der Waals surface area contributed by atoms with Crippen LogP contribution >= 0.6 is 15.9 Å². The van der Waals surface area contributed by atoms with Gasteiger partial charge < -0.3 is 11.1 Å². The molecule has 5 heteroatoms. The molecule has 0 aromatic heterocycles. The van der Waals surface area contributed by atoms with Crippen molar-refractivity contribution in [3.05, 3.63) is 63.9 Å². The average molecular weight is 337 g/mol. The van der Waals surface area contributed by atoms with Gasteiger partial charge in [-0.3, -0.25) is 4.79 Å². The second-order valence-corrected chi connectivity index (χ2v) is 5.34. The number of nitrogen functional groups attached to an aromatic ring is 1. The first-order chi connectivity index (χ1) is 9.47. The highest BCUT2D eigenvalue weighted by Crippen LogP contribution is 2.21. The number of anilines is 1. The molecule has 2 aromatic carbocycles. The number of nitrogens with two attached hydrogens (primary N) is 1. The van der Waals surface area contributed by atoms with Gasteiger partial charge in [-0.1, -0.05) is 12.1 Å². The van der Waals surface area contributed by atoms with Crippen LogP contribution in [0.3, 0.4) is 0 Å². The highest BCUT2D eigenvalue weighted by molar-refractivity contribution is 9.10. The van der Waals surface area contributed by atoms with Crippen molar-refractivity contribution >= 4 is 27.5 Å². The second-order valence-electron chi connectivity index (χ2n) is 4.49. The van der Waals surface area contributed by atoms with E-state index in [0.29, 0.717) is 15.7 Å². The molecule has 0 aliphatic carbocycles. The summed E-state index contributed by atoms with van der Waals surface area (Å²) in [5, 5.41) is 2.85. The lowest BCUT2D eigenvalue weighted by atomic mass is 10.1. The van der Waals surface area contributed by atoms with E-state index in [1.165, 1.54) is 12.1 Å². The molecule has 1 amide bonds. The Hall–Kier alpha value is -1.88. The van der Waals surface area contributed by atoms with E-state index in [-0.39, 0.29) is 17.8 Å². The Kier molecular flexibility index (Phi) is 4.39. The van der Waals surface area contributed by atoms with Crippen LogP contribution in [0, 0.1) is 5.82 Å². The zero-order chi connectivity index (χ0) is 14.7. The fourth-order valence-corrected chi connectivity index (χ4v) is 2.25. The van der Waals surface area contributed by atoms with Gasteiger partial charge in [-0.2, -0.15) is 0 Å². The van der Waals surface area contributed by atoms with Crippen molar-refractivity contribution in [2.24, 2.45) is 0 Å². The lowest BCUT2D eigenvalue weighted by molar-refractivity contribution is 0.0939. The molecule has 0 saturated carbocycles. The van der Waals surface area contributed by atoms with Gasteiger partial charge in [0.05, 0.1) is 11.6 Å². The Morgan fingerprint density at radius 2 is 1.90 bits per heavy atom. The molecule has 0 aliphatic heterocycles. The number of amides is 1. The molecule has 0 spiro atoms. The molecule has 1 unspecified atom stereocenters. The molecule has 0 fully saturated rings. The minimum absolute atomic E-state index is 0.226. The average Bonchev–Trinajstić information content (AvgIpc) is 2.42. The summed E-state index contributed by atoms with van der Waals surface area (Å²) in [6.45, 7) is 1.84. The summed E-state index contributed by atoms with van der Waals surface area (Å²) in [6, 6.07) is 10.9. The summed E-state index contributed by atoms with van der Waals surface area (Å²) in [4.78, 5) is 12.2. The first-order valence-corrected chi connectivity index (χ1v) is 6.88. The zero-order valence-electron chi connectivity index (χ0n) is 10.9. The van der Waals surface area contributed by atoms with Crippen molar-refractivity contribution in [1.82, 2.24) is 5.32 Å². The molecule has 3 N–H and O–H groups in total. The highest BCUT2D eigenvalue weighted by Gasteiger charge is 2.14. The predicted octanol–water partition coefficient (Wildman–Crippen LogP) is 3.66. The minimum atomic E-state index is -0.300. The van der Waals surface area contributed by atoms with Crippen LogP contribution in [0.1, 0.15) is 28.9 Å². The molecule has 1 atom stereocenters. The summed E-state index contributed by atoms with van der Waals surface area (Å²) in [7, 11) is 0. The number of benzene rings is 2. The van der Waals surface area contributed by atoms with E-state index < -0.39 is 0 Å². The number of rotatable bonds is 3. The van der Waals surface area contributed by atoms with Gasteiger partial charge in [-0.15, -0.1) is 0 Å². The maximum absolute atomic E-state index is 12.9. The summed E-state index contributed by atoms with van der Waals surface area (Å²) in [6.07, 6.45) is 0. The van der Waals surface area contributed by atoms with Crippen LogP contribution in [0.25, 0.3) is 0 Å². The first kappa shape index (κ1) is 14.5. The SMILES string of the molecule is CC(NC(=O)c1cc(N)ccc1Br)c1ccc(F)cc1. The lowest BCUT2D eigenvalue weighted by Gasteiger charge is -2.15.